The molecule has 1 amide bonds. The number of aromatic nitrogens is 1. The molecule has 0 aliphatic heterocycles. The number of carbonyl (C=O) groups excluding carboxylic acids is 1. The molecule has 0 aliphatic rings. The maximum Gasteiger partial charge on any atom is 0.264 e. The molecule has 5 nitrogen and oxygen atoms in total. The summed E-state index contributed by atoms with van der Waals surface area (Å²) in [6, 6.07) is 17.2. The predicted molar refractivity (Wildman–Crippen MR) is 94.4 cm³/mol. The van der Waals surface area contributed by atoms with Gasteiger partial charge in [-0.15, -0.1) is 0 Å². The zero-order chi connectivity index (χ0) is 17.2. The minimum absolute atomic E-state index is 0.131. The maximum absolute atomic E-state index is 12.1. The van der Waals surface area contributed by atoms with E-state index in [0.717, 1.165) is 17.4 Å². The summed E-state index contributed by atoms with van der Waals surface area (Å²) in [6.45, 7) is 2.22. The minimum Gasteiger partial charge on any atom is -0.343 e. The number of nitrogens with zero attached hydrogens (tertiary/aromatic N) is 1. The molecular weight excluding hydrogens is 324 g/mol. The van der Waals surface area contributed by atoms with Gasteiger partial charge in [0.2, 0.25) is 10.0 Å². The summed E-state index contributed by atoms with van der Waals surface area (Å²) in [5.41, 5.74) is 2.51. The Bertz CT molecular complexity index is 976. The van der Waals surface area contributed by atoms with E-state index in [9.17, 15) is 13.2 Å². The summed E-state index contributed by atoms with van der Waals surface area (Å²) < 4.78 is 27.2. The molecule has 0 fully saturated rings. The fourth-order valence-electron chi connectivity index (χ4n) is 2.53. The van der Waals surface area contributed by atoms with E-state index in [4.69, 9.17) is 0 Å². The predicted octanol–water partition coefficient (Wildman–Crippen LogP) is 2.77. The largest absolute Gasteiger partial charge is 0.343 e. The lowest BCUT2D eigenvalue weighted by molar-refractivity contribution is 0.0981. The highest BCUT2D eigenvalue weighted by Crippen LogP contribution is 2.19. The normalized spacial score (nSPS) is 11.5. The van der Waals surface area contributed by atoms with Crippen LogP contribution in [-0.4, -0.2) is 24.6 Å². The van der Waals surface area contributed by atoms with Crippen molar-refractivity contribution in [3.05, 3.63) is 71.9 Å². The average Bonchev–Trinajstić information content (AvgIpc) is 2.97. The van der Waals surface area contributed by atoms with Crippen LogP contribution in [-0.2, 0) is 16.6 Å². The standard InChI is InChI=1S/C18H18N2O3S/c1-2-24(22,23)19-18(21)16-8-9-17-15(12-16)10-11-20(17)13-14-6-4-3-5-7-14/h3-12H,2,13H2,1H3,(H,19,21). The first-order valence-electron chi connectivity index (χ1n) is 7.66. The molecule has 0 saturated heterocycles. The van der Waals surface area contributed by atoms with Gasteiger partial charge in [-0.1, -0.05) is 30.3 Å². The number of sulfonamides is 1. The number of nitrogens with one attached hydrogen (secondary N) is 1. The fraction of sp³-hybridized carbons (Fsp3) is 0.167. The Morgan fingerprint density at radius 2 is 1.83 bits per heavy atom. The van der Waals surface area contributed by atoms with E-state index < -0.39 is 15.9 Å². The second-order valence-corrected chi connectivity index (χ2v) is 7.55. The van der Waals surface area contributed by atoms with Crippen molar-refractivity contribution in [1.82, 2.24) is 9.29 Å². The second kappa shape index (κ2) is 6.49. The van der Waals surface area contributed by atoms with Crippen LogP contribution in [0.5, 0.6) is 0 Å². The lowest BCUT2D eigenvalue weighted by Crippen LogP contribution is -2.31. The molecule has 0 spiro atoms. The molecular formula is C18H18N2O3S. The number of benzene rings is 2. The van der Waals surface area contributed by atoms with E-state index in [1.54, 1.807) is 12.1 Å². The summed E-state index contributed by atoms with van der Waals surface area (Å²) in [6.07, 6.45) is 1.96. The second-order valence-electron chi connectivity index (χ2n) is 5.54. The third kappa shape index (κ3) is 3.49. The van der Waals surface area contributed by atoms with Crippen molar-refractivity contribution >= 4 is 26.8 Å². The number of carbonyl (C=O) groups is 1. The summed E-state index contributed by atoms with van der Waals surface area (Å²) >= 11 is 0. The van der Waals surface area contributed by atoms with Gasteiger partial charge in [0.05, 0.1) is 5.75 Å². The Morgan fingerprint density at radius 3 is 2.54 bits per heavy atom. The molecule has 0 saturated carbocycles. The van der Waals surface area contributed by atoms with Gasteiger partial charge in [0, 0.05) is 29.2 Å². The van der Waals surface area contributed by atoms with E-state index in [2.05, 4.69) is 21.4 Å². The Morgan fingerprint density at radius 1 is 1.08 bits per heavy atom. The Hall–Kier alpha value is -2.60. The molecule has 1 N–H and O–H groups in total. The average molecular weight is 342 g/mol. The molecule has 0 unspecified atom stereocenters. The molecule has 24 heavy (non-hydrogen) atoms. The SMILES string of the molecule is CCS(=O)(=O)NC(=O)c1ccc2c(ccn2Cc2ccccc2)c1. The first-order valence-corrected chi connectivity index (χ1v) is 9.31. The summed E-state index contributed by atoms with van der Waals surface area (Å²) in [5.74, 6) is -0.733. The van der Waals surface area contributed by atoms with Gasteiger partial charge in [-0.25, -0.2) is 13.1 Å². The molecule has 0 aliphatic carbocycles. The Labute approximate surface area is 141 Å². The van der Waals surface area contributed by atoms with E-state index in [-0.39, 0.29) is 5.75 Å². The van der Waals surface area contributed by atoms with Crippen LogP contribution in [0.1, 0.15) is 22.8 Å². The number of hydrogen-bond acceptors (Lipinski definition) is 3. The molecule has 0 radical (unpaired) electrons. The van der Waals surface area contributed by atoms with Gasteiger partial charge >= 0.3 is 0 Å². The van der Waals surface area contributed by atoms with Gasteiger partial charge in [-0.3, -0.25) is 4.79 Å². The molecule has 2 aromatic carbocycles. The van der Waals surface area contributed by atoms with Crippen LogP contribution in [0.4, 0.5) is 0 Å². The highest BCUT2D eigenvalue weighted by Gasteiger charge is 2.14. The van der Waals surface area contributed by atoms with Crippen LogP contribution in [0, 0.1) is 0 Å². The first kappa shape index (κ1) is 16.3. The molecule has 1 heterocycles. The fourth-order valence-corrected chi connectivity index (χ4v) is 3.08. The lowest BCUT2D eigenvalue weighted by Gasteiger charge is -2.07. The Kier molecular flexibility index (Phi) is 4.40. The molecule has 124 valence electrons. The highest BCUT2D eigenvalue weighted by molar-refractivity contribution is 7.90. The number of rotatable bonds is 5. The Balaban J connectivity index is 1.87. The van der Waals surface area contributed by atoms with Crippen LogP contribution in [0.2, 0.25) is 0 Å². The van der Waals surface area contributed by atoms with Crippen molar-refractivity contribution in [1.29, 1.82) is 0 Å². The van der Waals surface area contributed by atoms with Gasteiger partial charge in [0.1, 0.15) is 0 Å². The molecule has 3 aromatic rings. The third-order valence-corrected chi connectivity index (χ3v) is 5.11. The van der Waals surface area contributed by atoms with E-state index in [1.807, 2.05) is 36.5 Å². The van der Waals surface area contributed by atoms with Crippen molar-refractivity contribution in [2.45, 2.75) is 13.5 Å². The minimum atomic E-state index is -3.56. The molecule has 3 rings (SSSR count). The summed E-state index contributed by atoms with van der Waals surface area (Å²) in [7, 11) is -3.56. The monoisotopic (exact) mass is 342 g/mol. The van der Waals surface area contributed by atoms with Gasteiger partial charge in [0.25, 0.3) is 5.91 Å². The maximum atomic E-state index is 12.1. The van der Waals surface area contributed by atoms with Crippen molar-refractivity contribution in [3.63, 3.8) is 0 Å². The third-order valence-electron chi connectivity index (χ3n) is 3.86. The number of amides is 1. The van der Waals surface area contributed by atoms with Crippen LogP contribution >= 0.6 is 0 Å². The van der Waals surface area contributed by atoms with E-state index >= 15 is 0 Å². The van der Waals surface area contributed by atoms with Crippen molar-refractivity contribution in [2.24, 2.45) is 0 Å². The van der Waals surface area contributed by atoms with Crippen molar-refractivity contribution in [3.8, 4) is 0 Å². The van der Waals surface area contributed by atoms with E-state index in [1.165, 1.54) is 12.5 Å². The zero-order valence-electron chi connectivity index (χ0n) is 13.3. The first-order chi connectivity index (χ1) is 11.5. The number of hydrogen-bond donors (Lipinski definition) is 1. The van der Waals surface area contributed by atoms with Crippen molar-refractivity contribution < 1.29 is 13.2 Å². The zero-order valence-corrected chi connectivity index (χ0v) is 14.1. The van der Waals surface area contributed by atoms with Gasteiger partial charge in [-0.2, -0.15) is 0 Å². The number of fused-ring (bicyclic) bond motifs is 1. The molecule has 6 heteroatoms. The van der Waals surface area contributed by atoms with Gasteiger partial charge in [0.15, 0.2) is 0 Å². The van der Waals surface area contributed by atoms with Crippen LogP contribution < -0.4 is 4.72 Å². The van der Waals surface area contributed by atoms with Gasteiger partial charge in [-0.05, 0) is 36.8 Å². The lowest BCUT2D eigenvalue weighted by atomic mass is 10.1. The summed E-state index contributed by atoms with van der Waals surface area (Å²) in [4.78, 5) is 12.1. The smallest absolute Gasteiger partial charge is 0.264 e. The quantitative estimate of drug-likeness (QED) is 0.775. The molecule has 0 bridgehead atoms. The van der Waals surface area contributed by atoms with Crippen LogP contribution in [0.15, 0.2) is 60.8 Å². The topological polar surface area (TPSA) is 68.2 Å². The van der Waals surface area contributed by atoms with Gasteiger partial charge < -0.3 is 4.57 Å². The van der Waals surface area contributed by atoms with Crippen LogP contribution in [0.3, 0.4) is 0 Å². The van der Waals surface area contributed by atoms with E-state index in [0.29, 0.717) is 5.56 Å². The highest BCUT2D eigenvalue weighted by atomic mass is 32.2. The molecule has 0 atom stereocenters. The van der Waals surface area contributed by atoms with Crippen LogP contribution in [0.25, 0.3) is 10.9 Å². The summed E-state index contributed by atoms with van der Waals surface area (Å²) in [5, 5.41) is 0.896. The van der Waals surface area contributed by atoms with Crippen molar-refractivity contribution in [2.75, 3.05) is 5.75 Å². The molecule has 1 aromatic heterocycles.